The fourth-order valence-corrected chi connectivity index (χ4v) is 1.67. The lowest BCUT2D eigenvalue weighted by Gasteiger charge is -2.20. The lowest BCUT2D eigenvalue weighted by atomic mass is 10.1. The van der Waals surface area contributed by atoms with Crippen molar-refractivity contribution in [1.82, 2.24) is 10.6 Å². The van der Waals surface area contributed by atoms with Crippen molar-refractivity contribution in [3.63, 3.8) is 0 Å². The van der Waals surface area contributed by atoms with Gasteiger partial charge in [0, 0.05) is 30.2 Å². The molecule has 0 saturated heterocycles. The molecular weight excluding hydrogens is 266 g/mol. The molecule has 0 fully saturated rings. The van der Waals surface area contributed by atoms with Crippen molar-refractivity contribution in [2.24, 2.45) is 5.73 Å². The molecule has 1 aromatic carbocycles. The van der Waals surface area contributed by atoms with Gasteiger partial charge in [-0.1, -0.05) is 6.07 Å². The summed E-state index contributed by atoms with van der Waals surface area (Å²) in [5, 5.41) is 6.20. The molecule has 4 N–H and O–H groups in total. The molecule has 0 radical (unpaired) electrons. The number of amides is 1. The second-order valence-corrected chi connectivity index (χ2v) is 6.25. The zero-order chi connectivity index (χ0) is 15.9. The van der Waals surface area contributed by atoms with Crippen LogP contribution in [-0.2, 0) is 0 Å². The van der Waals surface area contributed by atoms with Crippen LogP contribution >= 0.6 is 0 Å². The molecule has 0 aliphatic rings. The summed E-state index contributed by atoms with van der Waals surface area (Å²) in [5.41, 5.74) is 6.29. The van der Waals surface area contributed by atoms with Gasteiger partial charge in [0.15, 0.2) is 0 Å². The number of ether oxygens (including phenoxy) is 1. The molecule has 5 heteroatoms. The van der Waals surface area contributed by atoms with Gasteiger partial charge in [-0.05, 0) is 45.9 Å². The SMILES string of the molecule is CC(N)COc1cccc(C(=O)NCCNC(C)(C)C)c1. The molecular formula is C16H27N3O2. The van der Waals surface area contributed by atoms with Crippen molar-refractivity contribution in [2.45, 2.75) is 39.3 Å². The highest BCUT2D eigenvalue weighted by Crippen LogP contribution is 2.13. The van der Waals surface area contributed by atoms with Gasteiger partial charge < -0.3 is 21.1 Å². The second kappa shape index (κ2) is 8.00. The first-order chi connectivity index (χ1) is 9.78. The van der Waals surface area contributed by atoms with Gasteiger partial charge in [-0.15, -0.1) is 0 Å². The van der Waals surface area contributed by atoms with Crippen molar-refractivity contribution in [1.29, 1.82) is 0 Å². The van der Waals surface area contributed by atoms with Gasteiger partial charge in [0.25, 0.3) is 5.91 Å². The first kappa shape index (κ1) is 17.5. The molecule has 1 unspecified atom stereocenters. The van der Waals surface area contributed by atoms with E-state index in [1.807, 2.05) is 13.0 Å². The lowest BCUT2D eigenvalue weighted by molar-refractivity contribution is 0.0952. The molecule has 118 valence electrons. The number of carbonyl (C=O) groups excluding carboxylic acids is 1. The average Bonchev–Trinajstić information content (AvgIpc) is 2.40. The van der Waals surface area contributed by atoms with Crippen LogP contribution in [0.2, 0.25) is 0 Å². The van der Waals surface area contributed by atoms with Crippen LogP contribution in [0.1, 0.15) is 38.1 Å². The van der Waals surface area contributed by atoms with Crippen LogP contribution in [0.5, 0.6) is 5.75 Å². The number of hydrogen-bond donors (Lipinski definition) is 3. The topological polar surface area (TPSA) is 76.4 Å². The third-order valence-corrected chi connectivity index (χ3v) is 2.68. The fraction of sp³-hybridized carbons (Fsp3) is 0.562. The van der Waals surface area contributed by atoms with Gasteiger partial charge in [0.2, 0.25) is 0 Å². The number of rotatable bonds is 7. The van der Waals surface area contributed by atoms with Crippen LogP contribution in [0.15, 0.2) is 24.3 Å². The van der Waals surface area contributed by atoms with Gasteiger partial charge >= 0.3 is 0 Å². The minimum absolute atomic E-state index is 0.0362. The number of nitrogens with two attached hydrogens (primary N) is 1. The van der Waals surface area contributed by atoms with E-state index in [-0.39, 0.29) is 17.5 Å². The largest absolute Gasteiger partial charge is 0.492 e. The van der Waals surface area contributed by atoms with Crippen LogP contribution in [0.4, 0.5) is 0 Å². The Labute approximate surface area is 127 Å². The van der Waals surface area contributed by atoms with Crippen LogP contribution < -0.4 is 21.1 Å². The van der Waals surface area contributed by atoms with E-state index in [4.69, 9.17) is 10.5 Å². The highest BCUT2D eigenvalue weighted by atomic mass is 16.5. The summed E-state index contributed by atoms with van der Waals surface area (Å²) in [6.45, 7) is 9.90. The fourth-order valence-electron chi connectivity index (χ4n) is 1.67. The quantitative estimate of drug-likeness (QED) is 0.666. The van der Waals surface area contributed by atoms with Crippen molar-refractivity contribution >= 4 is 5.91 Å². The maximum absolute atomic E-state index is 12.0. The summed E-state index contributed by atoms with van der Waals surface area (Å²) in [5.74, 6) is 0.560. The summed E-state index contributed by atoms with van der Waals surface area (Å²) in [7, 11) is 0. The van der Waals surface area contributed by atoms with Gasteiger partial charge in [0.05, 0.1) is 0 Å². The Hall–Kier alpha value is -1.59. The molecule has 0 aromatic heterocycles. The van der Waals surface area contributed by atoms with E-state index in [0.29, 0.717) is 24.5 Å². The molecule has 0 aliphatic carbocycles. The van der Waals surface area contributed by atoms with E-state index in [2.05, 4.69) is 31.4 Å². The molecule has 1 rings (SSSR count). The number of benzene rings is 1. The molecule has 1 atom stereocenters. The first-order valence-corrected chi connectivity index (χ1v) is 7.29. The van der Waals surface area contributed by atoms with Crippen molar-refractivity contribution in [2.75, 3.05) is 19.7 Å². The van der Waals surface area contributed by atoms with E-state index in [1.54, 1.807) is 18.2 Å². The summed E-state index contributed by atoms with van der Waals surface area (Å²) < 4.78 is 5.51. The number of nitrogens with one attached hydrogen (secondary N) is 2. The maximum Gasteiger partial charge on any atom is 0.251 e. The van der Waals surface area contributed by atoms with Gasteiger partial charge in [-0.25, -0.2) is 0 Å². The van der Waals surface area contributed by atoms with Crippen molar-refractivity contribution < 1.29 is 9.53 Å². The minimum Gasteiger partial charge on any atom is -0.492 e. The van der Waals surface area contributed by atoms with Crippen LogP contribution in [-0.4, -0.2) is 37.2 Å². The van der Waals surface area contributed by atoms with E-state index in [0.717, 1.165) is 6.54 Å². The lowest BCUT2D eigenvalue weighted by Crippen LogP contribution is -2.41. The average molecular weight is 293 g/mol. The smallest absolute Gasteiger partial charge is 0.251 e. The molecule has 0 spiro atoms. The Bertz CT molecular complexity index is 453. The van der Waals surface area contributed by atoms with E-state index >= 15 is 0 Å². The minimum atomic E-state index is -0.100. The molecule has 5 nitrogen and oxygen atoms in total. The summed E-state index contributed by atoms with van der Waals surface area (Å²) in [4.78, 5) is 12.0. The van der Waals surface area contributed by atoms with Crippen molar-refractivity contribution in [3.8, 4) is 5.75 Å². The number of carbonyl (C=O) groups is 1. The molecule has 0 bridgehead atoms. The molecule has 0 aliphatic heterocycles. The van der Waals surface area contributed by atoms with E-state index in [9.17, 15) is 4.79 Å². The first-order valence-electron chi connectivity index (χ1n) is 7.29. The summed E-state index contributed by atoms with van der Waals surface area (Å²) >= 11 is 0. The van der Waals surface area contributed by atoms with Gasteiger partial charge in [-0.3, -0.25) is 4.79 Å². The zero-order valence-corrected chi connectivity index (χ0v) is 13.4. The Kier molecular flexibility index (Phi) is 6.65. The zero-order valence-electron chi connectivity index (χ0n) is 13.4. The normalized spacial score (nSPS) is 12.8. The predicted molar refractivity (Wildman–Crippen MR) is 85.7 cm³/mol. The summed E-state index contributed by atoms with van der Waals surface area (Å²) in [6.07, 6.45) is 0. The summed E-state index contributed by atoms with van der Waals surface area (Å²) in [6, 6.07) is 7.09. The Morgan fingerprint density at radius 1 is 1.33 bits per heavy atom. The van der Waals surface area contributed by atoms with Gasteiger partial charge in [0.1, 0.15) is 12.4 Å². The molecule has 1 aromatic rings. The Morgan fingerprint density at radius 2 is 2.05 bits per heavy atom. The van der Waals surface area contributed by atoms with Crippen LogP contribution in [0, 0.1) is 0 Å². The van der Waals surface area contributed by atoms with E-state index < -0.39 is 0 Å². The third-order valence-electron chi connectivity index (χ3n) is 2.68. The highest BCUT2D eigenvalue weighted by molar-refractivity contribution is 5.94. The molecule has 0 heterocycles. The number of hydrogen-bond acceptors (Lipinski definition) is 4. The second-order valence-electron chi connectivity index (χ2n) is 6.25. The molecule has 0 saturated carbocycles. The Morgan fingerprint density at radius 3 is 2.67 bits per heavy atom. The van der Waals surface area contributed by atoms with Gasteiger partial charge in [-0.2, -0.15) is 0 Å². The van der Waals surface area contributed by atoms with E-state index in [1.165, 1.54) is 0 Å². The third kappa shape index (κ3) is 7.68. The standard InChI is InChI=1S/C16H27N3O2/c1-12(17)11-21-14-7-5-6-13(10-14)15(20)18-8-9-19-16(2,3)4/h5-7,10,12,19H,8-9,11,17H2,1-4H3,(H,18,20). The highest BCUT2D eigenvalue weighted by Gasteiger charge is 2.09. The van der Waals surface area contributed by atoms with Crippen LogP contribution in [0.3, 0.4) is 0 Å². The van der Waals surface area contributed by atoms with Crippen LogP contribution in [0.25, 0.3) is 0 Å². The predicted octanol–water partition coefficient (Wildman–Crippen LogP) is 1.53. The molecule has 1 amide bonds. The monoisotopic (exact) mass is 293 g/mol. The maximum atomic E-state index is 12.0. The Balaban J connectivity index is 2.45. The van der Waals surface area contributed by atoms with Crippen molar-refractivity contribution in [3.05, 3.63) is 29.8 Å². The molecule has 21 heavy (non-hydrogen) atoms.